The molecule has 1 atom stereocenters. The van der Waals surface area contributed by atoms with Crippen molar-refractivity contribution >= 4 is 12.3 Å². The van der Waals surface area contributed by atoms with Gasteiger partial charge in [-0.2, -0.15) is 0 Å². The molecule has 5 heteroatoms. The van der Waals surface area contributed by atoms with Gasteiger partial charge in [0.1, 0.15) is 6.04 Å². The first kappa shape index (κ1) is 12.0. The van der Waals surface area contributed by atoms with Crippen LogP contribution < -0.4 is 0 Å². The van der Waals surface area contributed by atoms with Crippen LogP contribution >= 0.6 is 0 Å². The number of likely N-dealkylation sites (N-methyl/N-ethyl adjacent to an activating group) is 1. The first-order valence-electron chi connectivity index (χ1n) is 5.22. The normalized spacial score (nSPS) is 20.0. The fourth-order valence-electron chi connectivity index (χ4n) is 1.41. The largest absolute Gasteiger partial charge is 0.464 e. The number of hydrogen-bond donors (Lipinski definition) is 0. The summed E-state index contributed by atoms with van der Waals surface area (Å²) in [5.41, 5.74) is 0. The highest BCUT2D eigenvalue weighted by atomic mass is 16.5. The average molecular weight is 213 g/mol. The molecular formula is C10H19N3O2. The van der Waals surface area contributed by atoms with Crippen molar-refractivity contribution in [2.45, 2.75) is 13.0 Å². The maximum Gasteiger partial charge on any atom is 0.330 e. The molecule has 0 aromatic carbocycles. The van der Waals surface area contributed by atoms with E-state index >= 15 is 0 Å². The lowest BCUT2D eigenvalue weighted by Gasteiger charge is -2.23. The third-order valence-corrected chi connectivity index (χ3v) is 2.27. The van der Waals surface area contributed by atoms with Gasteiger partial charge < -0.3 is 14.5 Å². The molecule has 15 heavy (non-hydrogen) atoms. The number of aliphatic imine (C=N–C) groups is 1. The molecule has 0 saturated carbocycles. The van der Waals surface area contributed by atoms with Crippen LogP contribution in [0.5, 0.6) is 0 Å². The van der Waals surface area contributed by atoms with E-state index in [1.807, 2.05) is 25.9 Å². The molecule has 0 aromatic heterocycles. The number of esters is 1. The van der Waals surface area contributed by atoms with Crippen LogP contribution in [-0.4, -0.2) is 68.5 Å². The molecule has 0 N–H and O–H groups in total. The monoisotopic (exact) mass is 213 g/mol. The Labute approximate surface area is 90.7 Å². The van der Waals surface area contributed by atoms with Crippen molar-refractivity contribution in [1.82, 2.24) is 9.80 Å². The Hall–Kier alpha value is -1.10. The van der Waals surface area contributed by atoms with Crippen LogP contribution in [0.3, 0.4) is 0 Å². The van der Waals surface area contributed by atoms with Crippen molar-refractivity contribution in [3.8, 4) is 0 Å². The van der Waals surface area contributed by atoms with Crippen LogP contribution in [0.1, 0.15) is 6.92 Å². The van der Waals surface area contributed by atoms with Gasteiger partial charge in [-0.15, -0.1) is 0 Å². The molecule has 1 aliphatic heterocycles. The molecule has 0 bridgehead atoms. The van der Waals surface area contributed by atoms with E-state index in [4.69, 9.17) is 4.74 Å². The van der Waals surface area contributed by atoms with Gasteiger partial charge in [0.25, 0.3) is 0 Å². The van der Waals surface area contributed by atoms with Crippen LogP contribution in [0, 0.1) is 0 Å². The molecule has 1 heterocycles. The highest BCUT2D eigenvalue weighted by molar-refractivity contribution is 5.81. The summed E-state index contributed by atoms with van der Waals surface area (Å²) < 4.78 is 4.99. The quantitative estimate of drug-likeness (QED) is 0.594. The molecule has 86 valence electrons. The summed E-state index contributed by atoms with van der Waals surface area (Å²) in [6.45, 7) is 4.48. The zero-order chi connectivity index (χ0) is 11.3. The van der Waals surface area contributed by atoms with Gasteiger partial charge in [-0.3, -0.25) is 4.99 Å². The predicted molar refractivity (Wildman–Crippen MR) is 59.0 cm³/mol. The minimum atomic E-state index is -0.218. The van der Waals surface area contributed by atoms with E-state index in [2.05, 4.69) is 9.89 Å². The molecule has 1 aliphatic rings. The van der Waals surface area contributed by atoms with Crippen molar-refractivity contribution in [2.24, 2.45) is 4.99 Å². The number of nitrogens with zero attached hydrogens (tertiary/aromatic N) is 3. The molecule has 0 amide bonds. The summed E-state index contributed by atoms with van der Waals surface area (Å²) in [6.07, 6.45) is 1.74. The second-order valence-electron chi connectivity index (χ2n) is 3.79. The Bertz CT molecular complexity index is 241. The van der Waals surface area contributed by atoms with Crippen LogP contribution in [-0.2, 0) is 9.53 Å². The van der Waals surface area contributed by atoms with E-state index in [9.17, 15) is 4.79 Å². The fraction of sp³-hybridized carbons (Fsp3) is 0.800. The molecule has 0 aromatic rings. The Balaban J connectivity index is 2.41. The van der Waals surface area contributed by atoms with E-state index < -0.39 is 0 Å². The molecule has 0 fully saturated rings. The van der Waals surface area contributed by atoms with Crippen molar-refractivity contribution in [3.63, 3.8) is 0 Å². The van der Waals surface area contributed by atoms with E-state index in [-0.39, 0.29) is 12.0 Å². The topological polar surface area (TPSA) is 45.1 Å². The second kappa shape index (κ2) is 5.70. The molecule has 1 rings (SSSR count). The minimum Gasteiger partial charge on any atom is -0.464 e. The van der Waals surface area contributed by atoms with Gasteiger partial charge in [-0.05, 0) is 21.0 Å². The number of carbonyl (C=O) groups excluding carboxylic acids is 1. The van der Waals surface area contributed by atoms with E-state index in [0.29, 0.717) is 13.2 Å². The van der Waals surface area contributed by atoms with Gasteiger partial charge in [0, 0.05) is 13.1 Å². The van der Waals surface area contributed by atoms with E-state index in [0.717, 1.165) is 13.1 Å². The van der Waals surface area contributed by atoms with Crippen molar-refractivity contribution in [1.29, 1.82) is 0 Å². The van der Waals surface area contributed by atoms with Crippen molar-refractivity contribution < 1.29 is 9.53 Å². The Kier molecular flexibility index (Phi) is 4.55. The minimum absolute atomic E-state index is 0.172. The summed E-state index contributed by atoms with van der Waals surface area (Å²) in [5, 5.41) is 0. The van der Waals surface area contributed by atoms with Gasteiger partial charge in [0.2, 0.25) is 0 Å². The van der Waals surface area contributed by atoms with Crippen LogP contribution in [0.15, 0.2) is 4.99 Å². The summed E-state index contributed by atoms with van der Waals surface area (Å²) >= 11 is 0. The van der Waals surface area contributed by atoms with Gasteiger partial charge >= 0.3 is 5.97 Å². The fourth-order valence-corrected chi connectivity index (χ4v) is 1.41. The third kappa shape index (κ3) is 3.51. The lowest BCUT2D eigenvalue weighted by Crippen LogP contribution is -2.42. The average Bonchev–Trinajstić information content (AvgIpc) is 2.62. The first-order chi connectivity index (χ1) is 7.15. The standard InChI is InChI=1S/C10H19N3O2/c1-4-15-10(14)9-7-11-8-13(9)6-5-12(2)3/h8-9H,4-7H2,1-3H3. The molecule has 0 saturated heterocycles. The van der Waals surface area contributed by atoms with Gasteiger partial charge in [0.05, 0.1) is 19.5 Å². The van der Waals surface area contributed by atoms with E-state index in [1.54, 1.807) is 6.34 Å². The first-order valence-corrected chi connectivity index (χ1v) is 5.22. The smallest absolute Gasteiger partial charge is 0.330 e. The number of hydrogen-bond acceptors (Lipinski definition) is 5. The Morgan fingerprint density at radius 1 is 1.67 bits per heavy atom. The molecule has 0 spiro atoms. The second-order valence-corrected chi connectivity index (χ2v) is 3.79. The molecule has 0 radical (unpaired) electrons. The molecule has 5 nitrogen and oxygen atoms in total. The summed E-state index contributed by atoms with van der Waals surface area (Å²) in [4.78, 5) is 19.7. The van der Waals surface area contributed by atoms with Gasteiger partial charge in [-0.1, -0.05) is 0 Å². The van der Waals surface area contributed by atoms with Crippen molar-refractivity contribution in [2.75, 3.05) is 40.3 Å². The molecule has 0 aliphatic carbocycles. The van der Waals surface area contributed by atoms with Crippen LogP contribution in [0.25, 0.3) is 0 Å². The Morgan fingerprint density at radius 3 is 3.00 bits per heavy atom. The lowest BCUT2D eigenvalue weighted by molar-refractivity contribution is -0.147. The van der Waals surface area contributed by atoms with E-state index in [1.165, 1.54) is 0 Å². The third-order valence-electron chi connectivity index (χ3n) is 2.27. The number of rotatable bonds is 5. The van der Waals surface area contributed by atoms with Gasteiger partial charge in [-0.25, -0.2) is 4.79 Å². The highest BCUT2D eigenvalue weighted by Crippen LogP contribution is 2.07. The van der Waals surface area contributed by atoms with Crippen LogP contribution in [0.2, 0.25) is 0 Å². The zero-order valence-electron chi connectivity index (χ0n) is 9.64. The predicted octanol–water partition coefficient (Wildman–Crippen LogP) is -0.176. The van der Waals surface area contributed by atoms with Gasteiger partial charge in [0.15, 0.2) is 0 Å². The maximum absolute atomic E-state index is 11.5. The number of carbonyl (C=O) groups is 1. The summed E-state index contributed by atoms with van der Waals surface area (Å²) in [7, 11) is 4.01. The maximum atomic E-state index is 11.5. The highest BCUT2D eigenvalue weighted by Gasteiger charge is 2.28. The number of ether oxygens (including phenoxy) is 1. The Morgan fingerprint density at radius 2 is 2.40 bits per heavy atom. The SMILES string of the molecule is CCOC(=O)C1CN=CN1CCN(C)C. The molecule has 1 unspecified atom stereocenters. The summed E-state index contributed by atoms with van der Waals surface area (Å²) in [6, 6.07) is -0.218. The lowest BCUT2D eigenvalue weighted by atomic mass is 10.3. The van der Waals surface area contributed by atoms with Crippen LogP contribution in [0.4, 0.5) is 0 Å². The molecular weight excluding hydrogens is 194 g/mol. The van der Waals surface area contributed by atoms with Crippen molar-refractivity contribution in [3.05, 3.63) is 0 Å². The zero-order valence-corrected chi connectivity index (χ0v) is 9.64. The summed E-state index contributed by atoms with van der Waals surface area (Å²) in [5.74, 6) is -0.172.